The van der Waals surface area contributed by atoms with Gasteiger partial charge in [-0.25, -0.2) is 0 Å². The van der Waals surface area contributed by atoms with Crippen LogP contribution < -0.4 is 5.73 Å². The van der Waals surface area contributed by atoms with E-state index in [0.29, 0.717) is 19.3 Å². The Kier molecular flexibility index (Phi) is 5.97. The minimum atomic E-state index is -1.04. The zero-order valence-electron chi connectivity index (χ0n) is 11.4. The van der Waals surface area contributed by atoms with Crippen molar-refractivity contribution < 1.29 is 19.5 Å². The van der Waals surface area contributed by atoms with Gasteiger partial charge in [0, 0.05) is 19.4 Å². The second-order valence-corrected chi connectivity index (χ2v) is 5.02. The Bertz CT molecular complexity index is 325. The molecule has 0 spiro atoms. The summed E-state index contributed by atoms with van der Waals surface area (Å²) in [6, 6.07) is -0.899. The van der Waals surface area contributed by atoms with Crippen molar-refractivity contribution in [1.82, 2.24) is 4.90 Å². The molecule has 18 heavy (non-hydrogen) atoms. The maximum Gasteiger partial charge on any atom is 0.320 e. The molecule has 0 aliphatic heterocycles. The van der Waals surface area contributed by atoms with Gasteiger partial charge in [0.25, 0.3) is 0 Å². The fraction of sp³-hybridized carbons (Fsp3) is 0.750. The van der Waals surface area contributed by atoms with Crippen molar-refractivity contribution in [3.8, 4) is 0 Å². The zero-order chi connectivity index (χ0) is 14.5. The van der Waals surface area contributed by atoms with Gasteiger partial charge in [-0.1, -0.05) is 0 Å². The third-order valence-electron chi connectivity index (χ3n) is 2.86. The lowest BCUT2D eigenvalue weighted by Gasteiger charge is -2.36. The fourth-order valence-electron chi connectivity index (χ4n) is 2.06. The van der Waals surface area contributed by atoms with E-state index in [9.17, 15) is 14.4 Å². The van der Waals surface area contributed by atoms with E-state index in [1.807, 2.05) is 0 Å². The van der Waals surface area contributed by atoms with Crippen LogP contribution in [0.15, 0.2) is 0 Å². The Balaban J connectivity index is 4.50. The van der Waals surface area contributed by atoms with E-state index in [1.165, 1.54) is 18.7 Å². The van der Waals surface area contributed by atoms with Gasteiger partial charge in [-0.3, -0.25) is 19.3 Å². The third kappa shape index (κ3) is 4.83. The molecular formula is C12H22N2O4. The molecule has 0 saturated heterocycles. The van der Waals surface area contributed by atoms with Crippen molar-refractivity contribution in [3.63, 3.8) is 0 Å². The van der Waals surface area contributed by atoms with Crippen molar-refractivity contribution in [2.75, 3.05) is 0 Å². The molecular weight excluding hydrogens is 236 g/mol. The number of imide groups is 1. The summed E-state index contributed by atoms with van der Waals surface area (Å²) in [6.45, 7) is 6.24. The maximum atomic E-state index is 11.4. The molecule has 0 aliphatic carbocycles. The summed E-state index contributed by atoms with van der Waals surface area (Å²) in [5, 5.41) is 8.65. The SMILES string of the molecule is CC(=O)N(C(C)=O)C(C)(C)CCCC(N)C(=O)O. The van der Waals surface area contributed by atoms with Crippen LogP contribution in [0.5, 0.6) is 0 Å². The van der Waals surface area contributed by atoms with Crippen LogP contribution in [0.3, 0.4) is 0 Å². The van der Waals surface area contributed by atoms with Crippen LogP contribution in [-0.2, 0) is 14.4 Å². The van der Waals surface area contributed by atoms with Crippen molar-refractivity contribution in [2.24, 2.45) is 5.73 Å². The minimum absolute atomic E-state index is 0.310. The molecule has 1 unspecified atom stereocenters. The summed E-state index contributed by atoms with van der Waals surface area (Å²) >= 11 is 0. The van der Waals surface area contributed by atoms with Crippen LogP contribution in [0.25, 0.3) is 0 Å². The third-order valence-corrected chi connectivity index (χ3v) is 2.86. The lowest BCUT2D eigenvalue weighted by atomic mass is 9.93. The molecule has 1 atom stereocenters. The summed E-state index contributed by atoms with van der Waals surface area (Å²) in [4.78, 5) is 34.6. The van der Waals surface area contributed by atoms with Crippen LogP contribution >= 0.6 is 0 Å². The predicted octanol–water partition coefficient (Wildman–Crippen LogP) is 0.742. The van der Waals surface area contributed by atoms with Crippen molar-refractivity contribution in [1.29, 1.82) is 0 Å². The molecule has 6 nitrogen and oxygen atoms in total. The van der Waals surface area contributed by atoms with Gasteiger partial charge < -0.3 is 10.8 Å². The molecule has 0 aromatic heterocycles. The van der Waals surface area contributed by atoms with E-state index in [0.717, 1.165) is 0 Å². The molecule has 0 radical (unpaired) electrons. The number of carbonyl (C=O) groups is 3. The van der Waals surface area contributed by atoms with Gasteiger partial charge in [-0.15, -0.1) is 0 Å². The molecule has 0 bridgehead atoms. The molecule has 3 N–H and O–H groups in total. The Morgan fingerprint density at radius 2 is 1.67 bits per heavy atom. The molecule has 0 aliphatic rings. The average molecular weight is 258 g/mol. The summed E-state index contributed by atoms with van der Waals surface area (Å²) < 4.78 is 0. The lowest BCUT2D eigenvalue weighted by Crippen LogP contribution is -2.49. The standard InChI is InChI=1S/C12H22N2O4/c1-8(15)14(9(2)16)12(3,4)7-5-6-10(13)11(17)18/h10H,5-7,13H2,1-4H3,(H,17,18). The first-order valence-electron chi connectivity index (χ1n) is 5.89. The number of carboxylic acid groups (broad SMARTS) is 1. The molecule has 0 aromatic rings. The number of hydrogen-bond acceptors (Lipinski definition) is 4. The van der Waals surface area contributed by atoms with Gasteiger partial charge in [0.05, 0.1) is 0 Å². The Morgan fingerprint density at radius 3 is 2.00 bits per heavy atom. The zero-order valence-corrected chi connectivity index (χ0v) is 11.4. The highest BCUT2D eigenvalue weighted by molar-refractivity contribution is 5.93. The summed E-state index contributed by atoms with van der Waals surface area (Å²) in [5.41, 5.74) is 4.77. The highest BCUT2D eigenvalue weighted by Crippen LogP contribution is 2.22. The first kappa shape index (κ1) is 16.6. The first-order chi connectivity index (χ1) is 8.09. The van der Waals surface area contributed by atoms with Gasteiger partial charge in [0.15, 0.2) is 0 Å². The maximum absolute atomic E-state index is 11.4. The topological polar surface area (TPSA) is 101 Å². The summed E-state index contributed by atoms with van der Waals surface area (Å²) in [5.74, 6) is -1.66. The molecule has 0 rings (SSSR count). The summed E-state index contributed by atoms with van der Waals surface area (Å²) in [6.07, 6.45) is 1.38. The molecule has 2 amide bonds. The molecule has 0 heterocycles. The highest BCUT2D eigenvalue weighted by atomic mass is 16.4. The normalized spacial score (nSPS) is 12.9. The van der Waals surface area contributed by atoms with Crippen LogP contribution in [0, 0.1) is 0 Å². The quantitative estimate of drug-likeness (QED) is 0.732. The van der Waals surface area contributed by atoms with Gasteiger partial charge in [0.2, 0.25) is 11.8 Å². The Morgan fingerprint density at radius 1 is 1.22 bits per heavy atom. The minimum Gasteiger partial charge on any atom is -0.480 e. The largest absolute Gasteiger partial charge is 0.480 e. The predicted molar refractivity (Wildman–Crippen MR) is 66.7 cm³/mol. The first-order valence-corrected chi connectivity index (χ1v) is 5.89. The van der Waals surface area contributed by atoms with Crippen molar-refractivity contribution in [3.05, 3.63) is 0 Å². The van der Waals surface area contributed by atoms with Crippen LogP contribution in [0.2, 0.25) is 0 Å². The molecule has 104 valence electrons. The number of rotatable bonds is 6. The summed E-state index contributed by atoms with van der Waals surface area (Å²) in [7, 11) is 0. The smallest absolute Gasteiger partial charge is 0.320 e. The van der Waals surface area contributed by atoms with Gasteiger partial charge >= 0.3 is 5.97 Å². The monoisotopic (exact) mass is 258 g/mol. The number of nitrogens with two attached hydrogens (primary N) is 1. The molecule has 0 aromatic carbocycles. The van der Waals surface area contributed by atoms with Crippen LogP contribution in [0.4, 0.5) is 0 Å². The number of carboxylic acids is 1. The Labute approximate surface area is 107 Å². The average Bonchev–Trinajstić information content (AvgIpc) is 2.14. The number of carbonyl (C=O) groups excluding carboxylic acids is 2. The van der Waals surface area contributed by atoms with Gasteiger partial charge in [0.1, 0.15) is 6.04 Å². The van der Waals surface area contributed by atoms with E-state index in [4.69, 9.17) is 10.8 Å². The number of hydrogen-bond donors (Lipinski definition) is 2. The molecule has 6 heteroatoms. The van der Waals surface area contributed by atoms with E-state index in [2.05, 4.69) is 0 Å². The Hall–Kier alpha value is -1.43. The second kappa shape index (κ2) is 6.49. The van der Waals surface area contributed by atoms with Crippen molar-refractivity contribution >= 4 is 17.8 Å². The number of nitrogens with zero attached hydrogens (tertiary/aromatic N) is 1. The van der Waals surface area contributed by atoms with E-state index < -0.39 is 17.6 Å². The second-order valence-electron chi connectivity index (χ2n) is 5.02. The highest BCUT2D eigenvalue weighted by Gasteiger charge is 2.31. The molecule has 0 fully saturated rings. The van der Waals surface area contributed by atoms with Gasteiger partial charge in [-0.2, -0.15) is 0 Å². The van der Waals surface area contributed by atoms with E-state index in [1.54, 1.807) is 13.8 Å². The molecule has 0 saturated carbocycles. The number of amides is 2. The lowest BCUT2D eigenvalue weighted by molar-refractivity contribution is -0.149. The van der Waals surface area contributed by atoms with Crippen LogP contribution in [-0.4, -0.2) is 39.4 Å². The number of aliphatic carboxylic acids is 1. The van der Waals surface area contributed by atoms with E-state index in [-0.39, 0.29) is 11.8 Å². The fourth-order valence-corrected chi connectivity index (χ4v) is 2.06. The van der Waals surface area contributed by atoms with E-state index >= 15 is 0 Å². The van der Waals surface area contributed by atoms with Crippen molar-refractivity contribution in [2.45, 2.75) is 58.5 Å². The van der Waals surface area contributed by atoms with Crippen LogP contribution in [0.1, 0.15) is 47.0 Å². The van der Waals surface area contributed by atoms with Gasteiger partial charge in [-0.05, 0) is 33.1 Å².